The van der Waals surface area contributed by atoms with Gasteiger partial charge >= 0.3 is 0 Å². The van der Waals surface area contributed by atoms with Crippen molar-refractivity contribution in [1.82, 2.24) is 5.32 Å². The predicted molar refractivity (Wildman–Crippen MR) is 79.0 cm³/mol. The normalized spacial score (nSPS) is 17.3. The highest BCUT2D eigenvalue weighted by molar-refractivity contribution is 6.30. The molecule has 0 radical (unpaired) electrons. The third-order valence-corrected chi connectivity index (χ3v) is 3.87. The molecule has 2 rings (SSSR count). The average Bonchev–Trinajstić information content (AvgIpc) is 2.40. The number of nitrogens with one attached hydrogen (secondary N) is 1. The Morgan fingerprint density at radius 3 is 2.94 bits per heavy atom. The Kier molecular flexibility index (Phi) is 5.27. The summed E-state index contributed by atoms with van der Waals surface area (Å²) in [5, 5.41) is 4.39. The fourth-order valence-corrected chi connectivity index (χ4v) is 2.67. The van der Waals surface area contributed by atoms with Crippen LogP contribution in [0.3, 0.4) is 0 Å². The fourth-order valence-electron chi connectivity index (χ4n) is 2.47. The molecule has 0 spiro atoms. The molecular weight excluding hydrogens is 242 g/mol. The van der Waals surface area contributed by atoms with Gasteiger partial charge in [-0.15, -0.1) is 0 Å². The maximum atomic E-state index is 6.01. The van der Waals surface area contributed by atoms with Crippen molar-refractivity contribution in [2.24, 2.45) is 0 Å². The SMILES string of the molecule is CC(NCCC1=CCCCC1)c1cccc(Cl)c1. The number of rotatable bonds is 5. The van der Waals surface area contributed by atoms with Gasteiger partial charge < -0.3 is 5.32 Å². The summed E-state index contributed by atoms with van der Waals surface area (Å²) in [6, 6.07) is 8.47. The largest absolute Gasteiger partial charge is 0.310 e. The van der Waals surface area contributed by atoms with Crippen molar-refractivity contribution in [3.63, 3.8) is 0 Å². The molecule has 0 aromatic heterocycles. The lowest BCUT2D eigenvalue weighted by Gasteiger charge is -2.17. The molecule has 1 atom stereocenters. The first kappa shape index (κ1) is 13.6. The van der Waals surface area contributed by atoms with Crippen LogP contribution in [0.15, 0.2) is 35.9 Å². The molecule has 2 heteroatoms. The van der Waals surface area contributed by atoms with Crippen molar-refractivity contribution in [3.05, 3.63) is 46.5 Å². The van der Waals surface area contributed by atoms with Crippen molar-refractivity contribution in [1.29, 1.82) is 0 Å². The summed E-state index contributed by atoms with van der Waals surface area (Å²) in [7, 11) is 0. The van der Waals surface area contributed by atoms with E-state index in [1.165, 1.54) is 37.7 Å². The van der Waals surface area contributed by atoms with E-state index in [4.69, 9.17) is 11.6 Å². The smallest absolute Gasteiger partial charge is 0.0409 e. The zero-order chi connectivity index (χ0) is 12.8. The van der Waals surface area contributed by atoms with Gasteiger partial charge in [0.15, 0.2) is 0 Å². The van der Waals surface area contributed by atoms with Gasteiger partial charge in [0.1, 0.15) is 0 Å². The minimum Gasteiger partial charge on any atom is -0.310 e. The maximum Gasteiger partial charge on any atom is 0.0409 e. The summed E-state index contributed by atoms with van der Waals surface area (Å²) < 4.78 is 0. The maximum absolute atomic E-state index is 6.01. The first-order valence-electron chi connectivity index (χ1n) is 6.92. The van der Waals surface area contributed by atoms with Gasteiger partial charge in [0.2, 0.25) is 0 Å². The van der Waals surface area contributed by atoms with Crippen molar-refractivity contribution in [2.45, 2.75) is 45.1 Å². The molecule has 1 aromatic carbocycles. The molecule has 98 valence electrons. The molecule has 0 saturated carbocycles. The van der Waals surface area contributed by atoms with Crippen molar-refractivity contribution in [2.75, 3.05) is 6.54 Å². The topological polar surface area (TPSA) is 12.0 Å². The number of hydrogen-bond donors (Lipinski definition) is 1. The zero-order valence-electron chi connectivity index (χ0n) is 11.1. The van der Waals surface area contributed by atoms with Crippen molar-refractivity contribution >= 4 is 11.6 Å². The van der Waals surface area contributed by atoms with Crippen molar-refractivity contribution in [3.8, 4) is 0 Å². The quantitative estimate of drug-likeness (QED) is 0.747. The molecule has 1 aliphatic rings. The van der Waals surface area contributed by atoms with E-state index in [1.54, 1.807) is 5.57 Å². The van der Waals surface area contributed by atoms with Crippen LogP contribution in [0.1, 0.15) is 50.6 Å². The molecule has 0 bridgehead atoms. The minimum atomic E-state index is 0.368. The van der Waals surface area contributed by atoms with Crippen molar-refractivity contribution < 1.29 is 0 Å². The second kappa shape index (κ2) is 6.96. The Labute approximate surface area is 115 Å². The molecule has 1 unspecified atom stereocenters. The van der Waals surface area contributed by atoms with Gasteiger partial charge in [-0.1, -0.05) is 35.4 Å². The third kappa shape index (κ3) is 4.15. The summed E-state index contributed by atoms with van der Waals surface area (Å²) in [4.78, 5) is 0. The first-order chi connectivity index (χ1) is 8.75. The van der Waals surface area contributed by atoms with Gasteiger partial charge in [0.25, 0.3) is 0 Å². The second-order valence-corrected chi connectivity index (χ2v) is 5.53. The van der Waals surface area contributed by atoms with E-state index in [-0.39, 0.29) is 0 Å². The van der Waals surface area contributed by atoms with Gasteiger partial charge in [-0.3, -0.25) is 0 Å². The third-order valence-electron chi connectivity index (χ3n) is 3.63. The van der Waals surface area contributed by atoms with E-state index < -0.39 is 0 Å². The van der Waals surface area contributed by atoms with Gasteiger partial charge in [-0.05, 0) is 63.3 Å². The van der Waals surface area contributed by atoms with Crippen LogP contribution in [0.2, 0.25) is 5.02 Å². The highest BCUT2D eigenvalue weighted by atomic mass is 35.5. The summed E-state index contributed by atoms with van der Waals surface area (Å²) >= 11 is 6.01. The van der Waals surface area contributed by atoms with Crippen LogP contribution < -0.4 is 5.32 Å². The van der Waals surface area contributed by atoms with E-state index in [0.29, 0.717) is 6.04 Å². The van der Waals surface area contributed by atoms with Crippen LogP contribution in [0.5, 0.6) is 0 Å². The zero-order valence-corrected chi connectivity index (χ0v) is 11.8. The number of allylic oxidation sites excluding steroid dienone is 1. The highest BCUT2D eigenvalue weighted by Gasteiger charge is 2.07. The summed E-state index contributed by atoms with van der Waals surface area (Å²) in [5.41, 5.74) is 2.90. The lowest BCUT2D eigenvalue weighted by Crippen LogP contribution is -2.20. The predicted octanol–water partition coefficient (Wildman–Crippen LogP) is 4.88. The molecule has 1 aliphatic carbocycles. The average molecular weight is 264 g/mol. The summed E-state index contributed by atoms with van der Waals surface area (Å²) in [6.45, 7) is 3.25. The second-order valence-electron chi connectivity index (χ2n) is 5.09. The monoisotopic (exact) mass is 263 g/mol. The Balaban J connectivity index is 1.77. The van der Waals surface area contributed by atoms with Crippen LogP contribution >= 0.6 is 11.6 Å². The molecule has 0 amide bonds. The molecule has 18 heavy (non-hydrogen) atoms. The van der Waals surface area contributed by atoms with E-state index in [0.717, 1.165) is 11.6 Å². The summed E-state index contributed by atoms with van der Waals surface area (Å²) in [5.74, 6) is 0. The van der Waals surface area contributed by atoms with Gasteiger partial charge in [0.05, 0.1) is 0 Å². The van der Waals surface area contributed by atoms with Crippen LogP contribution in [0, 0.1) is 0 Å². The van der Waals surface area contributed by atoms with E-state index in [2.05, 4.69) is 24.4 Å². The van der Waals surface area contributed by atoms with Gasteiger partial charge in [0, 0.05) is 11.1 Å². The van der Waals surface area contributed by atoms with Crippen LogP contribution in [0.25, 0.3) is 0 Å². The molecule has 0 heterocycles. The Hall–Kier alpha value is -0.790. The number of hydrogen-bond acceptors (Lipinski definition) is 1. The van der Waals surface area contributed by atoms with E-state index in [9.17, 15) is 0 Å². The minimum absolute atomic E-state index is 0.368. The van der Waals surface area contributed by atoms with Crippen LogP contribution in [0.4, 0.5) is 0 Å². The molecular formula is C16H22ClN. The highest BCUT2D eigenvalue weighted by Crippen LogP contribution is 2.21. The van der Waals surface area contributed by atoms with Crippen LogP contribution in [-0.4, -0.2) is 6.54 Å². The summed E-state index contributed by atoms with van der Waals surface area (Å²) in [6.07, 6.45) is 8.93. The van der Waals surface area contributed by atoms with E-state index >= 15 is 0 Å². The van der Waals surface area contributed by atoms with Gasteiger partial charge in [-0.25, -0.2) is 0 Å². The lowest BCUT2D eigenvalue weighted by atomic mass is 9.97. The Bertz CT molecular complexity index is 411. The Morgan fingerprint density at radius 1 is 1.33 bits per heavy atom. The van der Waals surface area contributed by atoms with E-state index in [1.807, 2.05) is 18.2 Å². The Morgan fingerprint density at radius 2 is 2.22 bits per heavy atom. The molecule has 1 nitrogen and oxygen atoms in total. The van der Waals surface area contributed by atoms with Gasteiger partial charge in [-0.2, -0.15) is 0 Å². The molecule has 0 aliphatic heterocycles. The molecule has 1 N–H and O–H groups in total. The molecule has 1 aromatic rings. The number of halogens is 1. The lowest BCUT2D eigenvalue weighted by molar-refractivity contribution is 0.562. The first-order valence-corrected chi connectivity index (χ1v) is 7.30. The molecule has 0 fully saturated rings. The standard InChI is InChI=1S/C16H22ClN/c1-13(15-8-5-9-16(17)12-15)18-11-10-14-6-3-2-4-7-14/h5-6,8-9,12-13,18H,2-4,7,10-11H2,1H3. The molecule has 0 saturated heterocycles. The number of benzene rings is 1. The van der Waals surface area contributed by atoms with Crippen LogP contribution in [-0.2, 0) is 0 Å². The fraction of sp³-hybridized carbons (Fsp3) is 0.500.